The van der Waals surface area contributed by atoms with Gasteiger partial charge >= 0.3 is 12.6 Å². The molecule has 0 aliphatic heterocycles. The van der Waals surface area contributed by atoms with Gasteiger partial charge in [-0.2, -0.15) is 8.78 Å². The van der Waals surface area contributed by atoms with Gasteiger partial charge in [0.1, 0.15) is 5.75 Å². The van der Waals surface area contributed by atoms with Gasteiger partial charge in [-0.25, -0.2) is 4.79 Å². The van der Waals surface area contributed by atoms with Crippen molar-refractivity contribution in [3.8, 4) is 5.75 Å². The Labute approximate surface area is 157 Å². The SMILES string of the molecule is C[C@H](OC(=O)c1ccc(OC(F)F)cc1)C(=O)N[C@@H](C)[C@@H]1C[C@H]2CC[C@H]1C2. The summed E-state index contributed by atoms with van der Waals surface area (Å²) in [6, 6.07) is 5.21. The molecule has 0 spiro atoms. The summed E-state index contributed by atoms with van der Waals surface area (Å²) in [6.45, 7) is 0.609. The third-order valence-corrected chi connectivity index (χ3v) is 5.77. The van der Waals surface area contributed by atoms with Crippen LogP contribution in [0, 0.1) is 17.8 Å². The second-order valence-corrected chi connectivity index (χ2v) is 7.59. The summed E-state index contributed by atoms with van der Waals surface area (Å²) in [5.74, 6) is 0.930. The molecule has 1 amide bonds. The topological polar surface area (TPSA) is 64.6 Å². The Kier molecular flexibility index (Phi) is 5.97. The average Bonchev–Trinajstić information content (AvgIpc) is 3.25. The zero-order valence-electron chi connectivity index (χ0n) is 15.5. The summed E-state index contributed by atoms with van der Waals surface area (Å²) < 4.78 is 33.7. The average molecular weight is 381 g/mol. The summed E-state index contributed by atoms with van der Waals surface area (Å²) in [5, 5.41) is 2.97. The Balaban J connectivity index is 1.49. The predicted octanol–water partition coefficient (Wildman–Crippen LogP) is 3.77. The quantitative estimate of drug-likeness (QED) is 0.730. The van der Waals surface area contributed by atoms with Crippen molar-refractivity contribution in [3.05, 3.63) is 29.8 Å². The predicted molar refractivity (Wildman–Crippen MR) is 94.5 cm³/mol. The molecule has 2 aliphatic carbocycles. The van der Waals surface area contributed by atoms with Crippen LogP contribution in [0.2, 0.25) is 0 Å². The number of esters is 1. The Morgan fingerprint density at radius 2 is 1.81 bits per heavy atom. The number of halogens is 2. The molecule has 0 heterocycles. The maximum absolute atomic E-state index is 12.4. The van der Waals surface area contributed by atoms with Gasteiger partial charge in [-0.15, -0.1) is 0 Å². The van der Waals surface area contributed by atoms with Gasteiger partial charge in [0.05, 0.1) is 5.56 Å². The third-order valence-electron chi connectivity index (χ3n) is 5.77. The number of alkyl halides is 2. The molecule has 1 aromatic carbocycles. The Morgan fingerprint density at radius 3 is 2.37 bits per heavy atom. The Morgan fingerprint density at radius 1 is 1.11 bits per heavy atom. The lowest BCUT2D eigenvalue weighted by Gasteiger charge is -2.29. The maximum Gasteiger partial charge on any atom is 0.387 e. The molecule has 27 heavy (non-hydrogen) atoms. The van der Waals surface area contributed by atoms with E-state index >= 15 is 0 Å². The maximum atomic E-state index is 12.4. The van der Waals surface area contributed by atoms with Gasteiger partial charge in [0.25, 0.3) is 5.91 Å². The minimum absolute atomic E-state index is 0.0490. The van der Waals surface area contributed by atoms with Crippen LogP contribution in [0.15, 0.2) is 24.3 Å². The van der Waals surface area contributed by atoms with E-state index in [1.807, 2.05) is 6.92 Å². The number of benzene rings is 1. The molecule has 1 aromatic rings. The van der Waals surface area contributed by atoms with Gasteiger partial charge in [-0.05, 0) is 75.1 Å². The van der Waals surface area contributed by atoms with E-state index < -0.39 is 18.7 Å². The van der Waals surface area contributed by atoms with E-state index in [9.17, 15) is 18.4 Å². The smallest absolute Gasteiger partial charge is 0.387 e. The van der Waals surface area contributed by atoms with Crippen LogP contribution in [-0.2, 0) is 9.53 Å². The standard InChI is InChI=1S/C20H25F2NO4/c1-11(17-10-13-3-4-15(17)9-13)23-18(24)12(2)26-19(25)14-5-7-16(8-6-14)27-20(21)22/h5-8,11-13,15,17,20H,3-4,9-10H2,1-2H3,(H,23,24)/t11-,12-,13-,15-,17-/m0/s1. The monoisotopic (exact) mass is 381 g/mol. The number of carbonyl (C=O) groups excluding carboxylic acids is 2. The van der Waals surface area contributed by atoms with Crippen molar-refractivity contribution < 1.29 is 27.8 Å². The molecule has 1 N–H and O–H groups in total. The zero-order valence-corrected chi connectivity index (χ0v) is 15.5. The Hall–Kier alpha value is -2.18. The largest absolute Gasteiger partial charge is 0.449 e. The van der Waals surface area contributed by atoms with Crippen LogP contribution in [0.4, 0.5) is 8.78 Å². The molecule has 5 nitrogen and oxygen atoms in total. The molecule has 2 bridgehead atoms. The summed E-state index contributed by atoms with van der Waals surface area (Å²) in [6.07, 6.45) is 4.03. The highest BCUT2D eigenvalue weighted by Crippen LogP contribution is 2.49. The van der Waals surface area contributed by atoms with E-state index in [1.165, 1.54) is 50.5 Å². The van der Waals surface area contributed by atoms with Gasteiger partial charge in [-0.3, -0.25) is 4.79 Å². The summed E-state index contributed by atoms with van der Waals surface area (Å²) in [5.41, 5.74) is 0.164. The molecule has 3 rings (SSSR count). The molecule has 5 atom stereocenters. The molecule has 0 aromatic heterocycles. The number of hydrogen-bond donors (Lipinski definition) is 1. The molecule has 2 saturated carbocycles. The minimum atomic E-state index is -2.93. The fraction of sp³-hybridized carbons (Fsp3) is 0.600. The van der Waals surface area contributed by atoms with Gasteiger partial charge in [0, 0.05) is 6.04 Å². The van der Waals surface area contributed by atoms with Crippen LogP contribution in [0.3, 0.4) is 0 Å². The van der Waals surface area contributed by atoms with Gasteiger partial charge in [-0.1, -0.05) is 6.42 Å². The molecule has 0 unspecified atom stereocenters. The van der Waals surface area contributed by atoms with Crippen LogP contribution < -0.4 is 10.1 Å². The first-order valence-corrected chi connectivity index (χ1v) is 9.39. The first-order chi connectivity index (χ1) is 12.8. The van der Waals surface area contributed by atoms with E-state index in [0.29, 0.717) is 11.8 Å². The molecule has 7 heteroatoms. The first-order valence-electron chi connectivity index (χ1n) is 9.39. The van der Waals surface area contributed by atoms with Crippen molar-refractivity contribution in [3.63, 3.8) is 0 Å². The van der Waals surface area contributed by atoms with E-state index in [2.05, 4.69) is 10.1 Å². The van der Waals surface area contributed by atoms with E-state index in [4.69, 9.17) is 4.74 Å². The molecule has 2 aliphatic rings. The summed E-state index contributed by atoms with van der Waals surface area (Å²) >= 11 is 0. The lowest BCUT2D eigenvalue weighted by atomic mass is 9.84. The number of amides is 1. The Bertz CT molecular complexity index is 679. The first kappa shape index (κ1) is 19.6. The number of carbonyl (C=O) groups is 2. The minimum Gasteiger partial charge on any atom is -0.449 e. The number of fused-ring (bicyclic) bond motifs is 2. The van der Waals surface area contributed by atoms with Crippen LogP contribution in [-0.4, -0.2) is 30.6 Å². The van der Waals surface area contributed by atoms with Crippen LogP contribution in [0.5, 0.6) is 5.75 Å². The lowest BCUT2D eigenvalue weighted by molar-refractivity contribution is -0.130. The molecule has 0 saturated heterocycles. The number of nitrogens with one attached hydrogen (secondary N) is 1. The second-order valence-electron chi connectivity index (χ2n) is 7.59. The van der Waals surface area contributed by atoms with Crippen molar-refractivity contribution >= 4 is 11.9 Å². The lowest BCUT2D eigenvalue weighted by Crippen LogP contribution is -2.45. The highest BCUT2D eigenvalue weighted by Gasteiger charge is 2.42. The van der Waals surface area contributed by atoms with Gasteiger partial charge < -0.3 is 14.8 Å². The van der Waals surface area contributed by atoms with E-state index in [1.54, 1.807) is 0 Å². The highest BCUT2D eigenvalue weighted by atomic mass is 19.3. The molecular weight excluding hydrogens is 356 g/mol. The van der Waals surface area contributed by atoms with Gasteiger partial charge in [0.2, 0.25) is 0 Å². The fourth-order valence-electron chi connectivity index (χ4n) is 4.41. The number of hydrogen-bond acceptors (Lipinski definition) is 4. The van der Waals surface area contributed by atoms with E-state index in [-0.39, 0.29) is 23.3 Å². The number of rotatable bonds is 7. The normalized spacial score (nSPS) is 25.9. The van der Waals surface area contributed by atoms with Crippen molar-refractivity contribution in [2.75, 3.05) is 0 Å². The van der Waals surface area contributed by atoms with Crippen molar-refractivity contribution in [2.45, 2.75) is 58.3 Å². The third kappa shape index (κ3) is 4.76. The van der Waals surface area contributed by atoms with Crippen LogP contribution in [0.1, 0.15) is 49.9 Å². The van der Waals surface area contributed by atoms with Crippen LogP contribution >= 0.6 is 0 Å². The number of ether oxygens (including phenoxy) is 2. The van der Waals surface area contributed by atoms with Crippen LogP contribution in [0.25, 0.3) is 0 Å². The molecule has 2 fully saturated rings. The molecular formula is C20H25F2NO4. The summed E-state index contributed by atoms with van der Waals surface area (Å²) in [4.78, 5) is 24.5. The highest BCUT2D eigenvalue weighted by molar-refractivity contribution is 5.92. The van der Waals surface area contributed by atoms with Crippen molar-refractivity contribution in [2.24, 2.45) is 17.8 Å². The zero-order chi connectivity index (χ0) is 19.6. The summed E-state index contributed by atoms with van der Waals surface area (Å²) in [7, 11) is 0. The fourth-order valence-corrected chi connectivity index (χ4v) is 4.41. The second kappa shape index (κ2) is 8.23. The van der Waals surface area contributed by atoms with E-state index in [0.717, 1.165) is 12.3 Å². The molecule has 0 radical (unpaired) electrons. The van der Waals surface area contributed by atoms with Gasteiger partial charge in [0.15, 0.2) is 6.10 Å². The van der Waals surface area contributed by atoms with Crippen molar-refractivity contribution in [1.82, 2.24) is 5.32 Å². The molecule has 148 valence electrons. The van der Waals surface area contributed by atoms with Crippen molar-refractivity contribution in [1.29, 1.82) is 0 Å².